The van der Waals surface area contributed by atoms with Crippen molar-refractivity contribution in [3.8, 4) is 0 Å². The van der Waals surface area contributed by atoms with E-state index in [0.29, 0.717) is 12.8 Å². The lowest BCUT2D eigenvalue weighted by molar-refractivity contribution is -0.129. The Morgan fingerprint density at radius 2 is 2.09 bits per heavy atom. The van der Waals surface area contributed by atoms with Crippen LogP contribution in [0.3, 0.4) is 0 Å². The lowest BCUT2D eigenvalue weighted by Gasteiger charge is -1.96. The van der Waals surface area contributed by atoms with E-state index in [-0.39, 0.29) is 5.91 Å². The average Bonchev–Trinajstić information content (AvgIpc) is 2.04. The monoisotopic (exact) mass is 159 g/mol. The summed E-state index contributed by atoms with van der Waals surface area (Å²) in [5, 5.41) is 8.08. The van der Waals surface area contributed by atoms with Crippen LogP contribution in [0.25, 0.3) is 0 Å². The molecule has 0 spiro atoms. The first-order valence-electron chi connectivity index (χ1n) is 3.68. The molecule has 4 nitrogen and oxygen atoms in total. The average molecular weight is 159 g/mol. The Labute approximate surface area is 65.6 Å². The van der Waals surface area contributed by atoms with Crippen LogP contribution in [0.2, 0.25) is 0 Å². The Balaban J connectivity index is 3.01. The SMILES string of the molecule is O=CCCCCCC(=O)NO. The predicted octanol–water partition coefficient (Wildman–Crippen LogP) is 0.641. The number of amides is 1. The summed E-state index contributed by atoms with van der Waals surface area (Å²) in [5.74, 6) is -0.365. The highest BCUT2D eigenvalue weighted by molar-refractivity contribution is 5.74. The number of hydroxylamine groups is 1. The molecule has 0 bridgehead atoms. The van der Waals surface area contributed by atoms with Gasteiger partial charge in [-0.2, -0.15) is 0 Å². The third-order valence-corrected chi connectivity index (χ3v) is 1.35. The summed E-state index contributed by atoms with van der Waals surface area (Å²) < 4.78 is 0. The van der Waals surface area contributed by atoms with E-state index in [4.69, 9.17) is 5.21 Å². The standard InChI is InChI=1S/C7H13NO3/c9-6-4-2-1-3-5-7(10)8-11/h6,11H,1-5H2,(H,8,10). The molecule has 0 aliphatic carbocycles. The molecule has 1 amide bonds. The van der Waals surface area contributed by atoms with Crippen molar-refractivity contribution in [3.63, 3.8) is 0 Å². The van der Waals surface area contributed by atoms with Crippen molar-refractivity contribution in [1.29, 1.82) is 0 Å². The van der Waals surface area contributed by atoms with Gasteiger partial charge in [0.1, 0.15) is 6.29 Å². The summed E-state index contributed by atoms with van der Waals surface area (Å²) in [6.07, 6.45) is 4.15. The second kappa shape index (κ2) is 7.21. The van der Waals surface area contributed by atoms with Gasteiger partial charge in [-0.15, -0.1) is 0 Å². The fraction of sp³-hybridized carbons (Fsp3) is 0.714. The van der Waals surface area contributed by atoms with Crippen molar-refractivity contribution < 1.29 is 14.8 Å². The molecule has 0 fully saturated rings. The minimum atomic E-state index is -0.365. The van der Waals surface area contributed by atoms with E-state index >= 15 is 0 Å². The van der Waals surface area contributed by atoms with Gasteiger partial charge in [0.2, 0.25) is 5.91 Å². The van der Waals surface area contributed by atoms with Crippen molar-refractivity contribution in [2.45, 2.75) is 32.1 Å². The zero-order valence-corrected chi connectivity index (χ0v) is 6.38. The Morgan fingerprint density at radius 3 is 2.64 bits per heavy atom. The van der Waals surface area contributed by atoms with Crippen LogP contribution >= 0.6 is 0 Å². The number of carbonyl (C=O) groups excluding carboxylic acids is 2. The molecule has 4 heteroatoms. The van der Waals surface area contributed by atoms with Crippen molar-refractivity contribution in [1.82, 2.24) is 5.48 Å². The Kier molecular flexibility index (Phi) is 6.62. The van der Waals surface area contributed by atoms with Gasteiger partial charge < -0.3 is 4.79 Å². The van der Waals surface area contributed by atoms with E-state index in [1.54, 1.807) is 5.48 Å². The quantitative estimate of drug-likeness (QED) is 0.259. The van der Waals surface area contributed by atoms with Crippen molar-refractivity contribution in [2.75, 3.05) is 0 Å². The van der Waals surface area contributed by atoms with Crippen molar-refractivity contribution >= 4 is 12.2 Å². The normalized spacial score (nSPS) is 9.18. The summed E-state index contributed by atoms with van der Waals surface area (Å²) in [6.45, 7) is 0. The highest BCUT2D eigenvalue weighted by Crippen LogP contribution is 2.00. The third-order valence-electron chi connectivity index (χ3n) is 1.35. The molecule has 2 N–H and O–H groups in total. The smallest absolute Gasteiger partial charge is 0.243 e. The molecule has 0 aromatic heterocycles. The molecule has 64 valence electrons. The number of unbranched alkanes of at least 4 members (excludes halogenated alkanes) is 3. The Hall–Kier alpha value is -0.900. The van der Waals surface area contributed by atoms with E-state index in [1.165, 1.54) is 0 Å². The number of hydrogen-bond donors (Lipinski definition) is 2. The van der Waals surface area contributed by atoms with Crippen LogP contribution in [0.4, 0.5) is 0 Å². The predicted molar refractivity (Wildman–Crippen MR) is 39.1 cm³/mol. The Bertz CT molecular complexity index is 125. The zero-order chi connectivity index (χ0) is 8.53. The summed E-state index contributed by atoms with van der Waals surface area (Å²) in [6, 6.07) is 0. The number of hydrogen-bond acceptors (Lipinski definition) is 3. The molecular weight excluding hydrogens is 146 g/mol. The maximum absolute atomic E-state index is 10.4. The molecular formula is C7H13NO3. The molecule has 0 radical (unpaired) electrons. The van der Waals surface area contributed by atoms with Crippen molar-refractivity contribution in [3.05, 3.63) is 0 Å². The fourth-order valence-electron chi connectivity index (χ4n) is 0.746. The van der Waals surface area contributed by atoms with Gasteiger partial charge in [0.05, 0.1) is 0 Å². The largest absolute Gasteiger partial charge is 0.303 e. The summed E-state index contributed by atoms with van der Waals surface area (Å²) >= 11 is 0. The first-order chi connectivity index (χ1) is 5.31. The van der Waals surface area contributed by atoms with Gasteiger partial charge in [-0.05, 0) is 12.8 Å². The summed E-state index contributed by atoms with van der Waals surface area (Å²) in [5.41, 5.74) is 1.55. The molecule has 0 atom stereocenters. The highest BCUT2D eigenvalue weighted by atomic mass is 16.5. The maximum Gasteiger partial charge on any atom is 0.243 e. The minimum absolute atomic E-state index is 0.329. The zero-order valence-electron chi connectivity index (χ0n) is 6.38. The second-order valence-electron chi connectivity index (χ2n) is 2.30. The summed E-state index contributed by atoms with van der Waals surface area (Å²) in [7, 11) is 0. The van der Waals surface area contributed by atoms with Gasteiger partial charge in [-0.1, -0.05) is 6.42 Å². The molecule has 0 unspecified atom stereocenters. The van der Waals surface area contributed by atoms with Gasteiger partial charge in [-0.3, -0.25) is 10.0 Å². The number of aldehydes is 1. The topological polar surface area (TPSA) is 66.4 Å². The third kappa shape index (κ3) is 6.99. The molecule has 0 saturated heterocycles. The van der Waals surface area contributed by atoms with Crippen LogP contribution in [-0.4, -0.2) is 17.4 Å². The lowest BCUT2D eigenvalue weighted by Crippen LogP contribution is -2.17. The molecule has 0 aliphatic rings. The maximum atomic E-state index is 10.4. The van der Waals surface area contributed by atoms with Gasteiger partial charge in [0, 0.05) is 12.8 Å². The van der Waals surface area contributed by atoms with Crippen LogP contribution in [0.5, 0.6) is 0 Å². The first kappa shape index (κ1) is 10.1. The molecule has 0 aromatic carbocycles. The van der Waals surface area contributed by atoms with Gasteiger partial charge >= 0.3 is 0 Å². The molecule has 0 rings (SSSR count). The number of rotatable bonds is 6. The van der Waals surface area contributed by atoms with Crippen molar-refractivity contribution in [2.24, 2.45) is 0 Å². The van der Waals surface area contributed by atoms with Crippen LogP contribution in [0.1, 0.15) is 32.1 Å². The van der Waals surface area contributed by atoms with Crippen LogP contribution in [0, 0.1) is 0 Å². The van der Waals surface area contributed by atoms with E-state index < -0.39 is 0 Å². The van der Waals surface area contributed by atoms with Gasteiger partial charge in [0.15, 0.2) is 0 Å². The van der Waals surface area contributed by atoms with Gasteiger partial charge in [0.25, 0.3) is 0 Å². The summed E-state index contributed by atoms with van der Waals surface area (Å²) in [4.78, 5) is 20.3. The minimum Gasteiger partial charge on any atom is -0.303 e. The van der Waals surface area contributed by atoms with E-state index in [1.807, 2.05) is 0 Å². The molecule has 0 heterocycles. The Morgan fingerprint density at radius 1 is 1.36 bits per heavy atom. The van der Waals surface area contributed by atoms with Crippen LogP contribution < -0.4 is 5.48 Å². The van der Waals surface area contributed by atoms with E-state index in [2.05, 4.69) is 0 Å². The lowest BCUT2D eigenvalue weighted by atomic mass is 10.1. The van der Waals surface area contributed by atoms with Crippen LogP contribution in [-0.2, 0) is 9.59 Å². The van der Waals surface area contributed by atoms with E-state index in [0.717, 1.165) is 25.5 Å². The highest BCUT2D eigenvalue weighted by Gasteiger charge is 1.96. The fourth-order valence-corrected chi connectivity index (χ4v) is 0.746. The molecule has 0 aliphatic heterocycles. The molecule has 0 saturated carbocycles. The molecule has 11 heavy (non-hydrogen) atoms. The van der Waals surface area contributed by atoms with Gasteiger partial charge in [-0.25, -0.2) is 5.48 Å². The number of nitrogens with one attached hydrogen (secondary N) is 1. The van der Waals surface area contributed by atoms with Crippen LogP contribution in [0.15, 0.2) is 0 Å². The second-order valence-corrected chi connectivity index (χ2v) is 2.30. The number of carbonyl (C=O) groups is 2. The first-order valence-corrected chi connectivity index (χ1v) is 3.68. The molecule has 0 aromatic rings. The van der Waals surface area contributed by atoms with E-state index in [9.17, 15) is 9.59 Å².